The van der Waals surface area contributed by atoms with E-state index in [4.69, 9.17) is 4.52 Å². The third-order valence-electron chi connectivity index (χ3n) is 4.89. The predicted octanol–water partition coefficient (Wildman–Crippen LogP) is 5.00. The van der Waals surface area contributed by atoms with Crippen LogP contribution in [0, 0.1) is 25.5 Å². The van der Waals surface area contributed by atoms with Gasteiger partial charge in [-0.05, 0) is 62.1 Å². The van der Waals surface area contributed by atoms with Crippen LogP contribution in [0.4, 0.5) is 19.3 Å². The van der Waals surface area contributed by atoms with Crippen LogP contribution in [-0.4, -0.2) is 27.6 Å². The van der Waals surface area contributed by atoms with Crippen molar-refractivity contribution in [3.8, 4) is 11.4 Å². The number of hydrogen-bond acceptors (Lipinski definition) is 4. The molecule has 8 heteroatoms. The smallest absolute Gasteiger partial charge is 0.322 e. The number of amides is 2. The van der Waals surface area contributed by atoms with Crippen molar-refractivity contribution in [2.75, 3.05) is 11.9 Å². The van der Waals surface area contributed by atoms with E-state index in [1.54, 1.807) is 4.90 Å². The molecule has 2 amide bonds. The van der Waals surface area contributed by atoms with Gasteiger partial charge in [-0.25, -0.2) is 13.6 Å². The number of aryl methyl sites for hydroxylation is 2. The highest BCUT2D eigenvalue weighted by Crippen LogP contribution is 2.33. The lowest BCUT2D eigenvalue weighted by Gasteiger charge is -2.22. The highest BCUT2D eigenvalue weighted by Gasteiger charge is 2.34. The van der Waals surface area contributed by atoms with Gasteiger partial charge in [0.25, 0.3) is 0 Å². The molecule has 2 aromatic carbocycles. The van der Waals surface area contributed by atoms with Crippen molar-refractivity contribution in [3.05, 3.63) is 65.1 Å². The zero-order valence-electron chi connectivity index (χ0n) is 16.1. The summed E-state index contributed by atoms with van der Waals surface area (Å²) in [5, 5.41) is 6.73. The van der Waals surface area contributed by atoms with Gasteiger partial charge in [-0.3, -0.25) is 0 Å². The summed E-state index contributed by atoms with van der Waals surface area (Å²) in [6.07, 6.45) is 1.45. The molecule has 0 spiro atoms. The molecule has 4 rings (SSSR count). The minimum atomic E-state index is -0.770. The Hall–Kier alpha value is -3.29. The van der Waals surface area contributed by atoms with E-state index in [9.17, 15) is 13.6 Å². The number of halogens is 2. The molecule has 1 aliphatic rings. The number of nitrogens with one attached hydrogen (secondary N) is 1. The van der Waals surface area contributed by atoms with Crippen LogP contribution < -0.4 is 5.32 Å². The fraction of sp³-hybridized carbons (Fsp3) is 0.286. The molecule has 0 saturated carbocycles. The van der Waals surface area contributed by atoms with Crippen molar-refractivity contribution in [2.45, 2.75) is 32.7 Å². The lowest BCUT2D eigenvalue weighted by Crippen LogP contribution is -2.34. The highest BCUT2D eigenvalue weighted by molar-refractivity contribution is 5.90. The van der Waals surface area contributed by atoms with Gasteiger partial charge in [-0.15, -0.1) is 0 Å². The van der Waals surface area contributed by atoms with Crippen molar-refractivity contribution in [1.29, 1.82) is 0 Å². The largest absolute Gasteiger partial charge is 0.337 e. The van der Waals surface area contributed by atoms with E-state index in [1.807, 2.05) is 32.0 Å². The first-order valence-corrected chi connectivity index (χ1v) is 9.35. The molecule has 1 unspecified atom stereocenters. The molecule has 29 heavy (non-hydrogen) atoms. The van der Waals surface area contributed by atoms with Crippen molar-refractivity contribution < 1.29 is 18.1 Å². The average molecular weight is 398 g/mol. The van der Waals surface area contributed by atoms with Crippen molar-refractivity contribution in [1.82, 2.24) is 15.0 Å². The second-order valence-electron chi connectivity index (χ2n) is 7.24. The number of nitrogens with zero attached hydrogens (tertiary/aromatic N) is 3. The van der Waals surface area contributed by atoms with E-state index in [0.29, 0.717) is 13.0 Å². The first-order chi connectivity index (χ1) is 13.9. The fourth-order valence-electron chi connectivity index (χ4n) is 3.66. The highest BCUT2D eigenvalue weighted by atomic mass is 19.1. The van der Waals surface area contributed by atoms with E-state index < -0.39 is 17.7 Å². The van der Waals surface area contributed by atoms with Crippen molar-refractivity contribution >= 4 is 11.7 Å². The van der Waals surface area contributed by atoms with Crippen LogP contribution in [-0.2, 0) is 0 Å². The predicted molar refractivity (Wildman–Crippen MR) is 103 cm³/mol. The molecule has 6 nitrogen and oxygen atoms in total. The minimum Gasteiger partial charge on any atom is -0.337 e. The molecule has 1 N–H and O–H groups in total. The van der Waals surface area contributed by atoms with Crippen LogP contribution in [0.5, 0.6) is 0 Å². The molecule has 0 aliphatic carbocycles. The number of carbonyl (C=O) groups is 1. The first-order valence-electron chi connectivity index (χ1n) is 9.35. The van der Waals surface area contributed by atoms with Crippen LogP contribution in [0.15, 0.2) is 40.9 Å². The quantitative estimate of drug-likeness (QED) is 0.674. The third kappa shape index (κ3) is 3.96. The Morgan fingerprint density at radius 1 is 1.17 bits per heavy atom. The fourth-order valence-corrected chi connectivity index (χ4v) is 3.66. The number of hydrogen-bond donors (Lipinski definition) is 1. The summed E-state index contributed by atoms with van der Waals surface area (Å²) in [4.78, 5) is 18.7. The Kier molecular flexibility index (Phi) is 5.00. The van der Waals surface area contributed by atoms with E-state index >= 15 is 0 Å². The summed E-state index contributed by atoms with van der Waals surface area (Å²) >= 11 is 0. The van der Waals surface area contributed by atoms with Crippen LogP contribution in [0.2, 0.25) is 0 Å². The Labute approximate surface area is 166 Å². The number of anilines is 1. The van der Waals surface area contributed by atoms with Gasteiger partial charge in [-0.2, -0.15) is 4.98 Å². The van der Waals surface area contributed by atoms with Crippen LogP contribution in [0.3, 0.4) is 0 Å². The van der Waals surface area contributed by atoms with Gasteiger partial charge in [0.15, 0.2) is 0 Å². The molecule has 1 atom stereocenters. The van der Waals surface area contributed by atoms with Crippen LogP contribution in [0.1, 0.15) is 35.9 Å². The van der Waals surface area contributed by atoms with E-state index in [0.717, 1.165) is 35.4 Å². The zero-order valence-corrected chi connectivity index (χ0v) is 16.1. The Morgan fingerprint density at radius 2 is 1.93 bits per heavy atom. The van der Waals surface area contributed by atoms with Gasteiger partial charge in [0.05, 0.1) is 5.56 Å². The second-order valence-corrected chi connectivity index (χ2v) is 7.24. The average Bonchev–Trinajstić information content (AvgIpc) is 3.30. The van der Waals surface area contributed by atoms with Gasteiger partial charge in [0, 0.05) is 18.3 Å². The molecule has 3 aromatic rings. The molecule has 1 aliphatic heterocycles. The van der Waals surface area contributed by atoms with Crippen molar-refractivity contribution in [3.63, 3.8) is 0 Å². The van der Waals surface area contributed by atoms with E-state index in [-0.39, 0.29) is 23.3 Å². The maximum absolute atomic E-state index is 14.0. The number of aromatic nitrogens is 2. The number of rotatable bonds is 3. The molecule has 150 valence electrons. The number of benzene rings is 2. The molecule has 1 fully saturated rings. The Bertz CT molecular complexity index is 1050. The normalized spacial score (nSPS) is 16.3. The maximum atomic E-state index is 14.0. The number of urea groups is 1. The van der Waals surface area contributed by atoms with Gasteiger partial charge in [0.2, 0.25) is 11.7 Å². The monoisotopic (exact) mass is 398 g/mol. The molecular formula is C21H20F2N4O2. The standard InChI is InChI=1S/C21H20F2N4O2/c1-12-8-13(2)10-15(9-12)24-21(28)27-7-3-4-18(27)20-25-19(26-29-20)16-6-5-14(22)11-17(16)23/h5-6,8-11,18H,3-4,7H2,1-2H3,(H,24,28). The summed E-state index contributed by atoms with van der Waals surface area (Å²) in [5.41, 5.74) is 2.88. The number of likely N-dealkylation sites (tertiary alicyclic amines) is 1. The lowest BCUT2D eigenvalue weighted by atomic mass is 10.1. The van der Waals surface area contributed by atoms with Gasteiger partial charge in [0.1, 0.15) is 17.7 Å². The van der Waals surface area contributed by atoms with Gasteiger partial charge in [-0.1, -0.05) is 11.2 Å². The minimum absolute atomic E-state index is 0.0269. The molecule has 1 aromatic heterocycles. The first kappa shape index (κ1) is 19.0. The Balaban J connectivity index is 1.54. The topological polar surface area (TPSA) is 71.3 Å². The lowest BCUT2D eigenvalue weighted by molar-refractivity contribution is 0.193. The maximum Gasteiger partial charge on any atom is 0.322 e. The molecule has 1 saturated heterocycles. The van der Waals surface area contributed by atoms with Crippen LogP contribution in [0.25, 0.3) is 11.4 Å². The van der Waals surface area contributed by atoms with Crippen molar-refractivity contribution in [2.24, 2.45) is 0 Å². The van der Waals surface area contributed by atoms with Crippen LogP contribution >= 0.6 is 0 Å². The summed E-state index contributed by atoms with van der Waals surface area (Å²) < 4.78 is 32.4. The molecular weight excluding hydrogens is 378 g/mol. The SMILES string of the molecule is Cc1cc(C)cc(NC(=O)N2CCCC2c2nc(-c3ccc(F)cc3F)no2)c1. The van der Waals surface area contributed by atoms with E-state index in [2.05, 4.69) is 15.5 Å². The number of carbonyl (C=O) groups excluding carboxylic acids is 1. The Morgan fingerprint density at radius 3 is 2.66 bits per heavy atom. The molecule has 0 radical (unpaired) electrons. The van der Waals surface area contributed by atoms with Gasteiger partial charge >= 0.3 is 6.03 Å². The summed E-state index contributed by atoms with van der Waals surface area (Å²) in [6, 6.07) is 8.34. The second kappa shape index (κ2) is 7.62. The third-order valence-corrected chi connectivity index (χ3v) is 4.89. The summed E-state index contributed by atoms with van der Waals surface area (Å²) in [7, 11) is 0. The molecule has 2 heterocycles. The summed E-state index contributed by atoms with van der Waals surface area (Å²) in [5.74, 6) is -1.19. The zero-order chi connectivity index (χ0) is 20.5. The summed E-state index contributed by atoms with van der Waals surface area (Å²) in [6.45, 7) is 4.48. The van der Waals surface area contributed by atoms with Gasteiger partial charge < -0.3 is 14.7 Å². The molecule has 0 bridgehead atoms. The van der Waals surface area contributed by atoms with E-state index in [1.165, 1.54) is 6.07 Å².